The molecule has 0 saturated carbocycles. The van der Waals surface area contributed by atoms with E-state index in [9.17, 15) is 0 Å². The molecule has 2 rings (SSSR count). The van der Waals surface area contributed by atoms with Crippen molar-refractivity contribution in [3.8, 4) is 0 Å². The lowest BCUT2D eigenvalue weighted by atomic mass is 10.2. The molecule has 2 heteroatoms. The van der Waals surface area contributed by atoms with Gasteiger partial charge in [-0.15, -0.1) is 0 Å². The molecule has 0 fully saturated rings. The fraction of sp³-hybridized carbons (Fsp3) is 0.100. The summed E-state index contributed by atoms with van der Waals surface area (Å²) >= 11 is 0. The molecule has 0 N–H and O–H groups in total. The van der Waals surface area contributed by atoms with Crippen molar-refractivity contribution in [2.45, 2.75) is 6.92 Å². The van der Waals surface area contributed by atoms with Crippen molar-refractivity contribution in [2.24, 2.45) is 0 Å². The first-order valence-corrected chi connectivity index (χ1v) is 3.86. The Morgan fingerprint density at radius 2 is 2.33 bits per heavy atom. The van der Waals surface area contributed by atoms with Crippen LogP contribution in [0.25, 0.3) is 17.2 Å². The molecule has 1 aromatic heterocycles. The molecule has 0 bridgehead atoms. The molecule has 1 heterocycles. The van der Waals surface area contributed by atoms with Gasteiger partial charge in [0.15, 0.2) is 12.0 Å². The van der Waals surface area contributed by atoms with E-state index in [2.05, 4.69) is 4.98 Å². The van der Waals surface area contributed by atoms with Gasteiger partial charge in [0.2, 0.25) is 0 Å². The third-order valence-electron chi connectivity index (χ3n) is 1.71. The molecule has 0 aliphatic heterocycles. The molecule has 0 spiro atoms. The Bertz CT molecular complexity index is 414. The second-order valence-electron chi connectivity index (χ2n) is 2.58. The molecular formula is C10H9NO. The monoisotopic (exact) mass is 159 g/mol. The highest BCUT2D eigenvalue weighted by Crippen LogP contribution is 2.14. The van der Waals surface area contributed by atoms with Crippen molar-refractivity contribution >= 4 is 17.2 Å². The second kappa shape index (κ2) is 2.81. The van der Waals surface area contributed by atoms with Crippen LogP contribution in [0.15, 0.2) is 35.1 Å². The number of oxazole rings is 1. The van der Waals surface area contributed by atoms with Crippen LogP contribution in [0.4, 0.5) is 0 Å². The molecule has 0 amide bonds. The van der Waals surface area contributed by atoms with E-state index in [-0.39, 0.29) is 0 Å². The molecule has 0 unspecified atom stereocenters. The first-order chi connectivity index (χ1) is 5.90. The summed E-state index contributed by atoms with van der Waals surface area (Å²) in [6.45, 7) is 1.99. The maximum absolute atomic E-state index is 5.16. The van der Waals surface area contributed by atoms with Crippen molar-refractivity contribution in [3.05, 3.63) is 36.2 Å². The summed E-state index contributed by atoms with van der Waals surface area (Å²) in [4.78, 5) is 4.03. The predicted octanol–water partition coefficient (Wildman–Crippen LogP) is 2.86. The van der Waals surface area contributed by atoms with Crippen molar-refractivity contribution in [3.63, 3.8) is 0 Å². The zero-order chi connectivity index (χ0) is 8.39. The van der Waals surface area contributed by atoms with E-state index in [4.69, 9.17) is 4.42 Å². The predicted molar refractivity (Wildman–Crippen MR) is 48.7 cm³/mol. The lowest BCUT2D eigenvalue weighted by Crippen LogP contribution is -1.71. The van der Waals surface area contributed by atoms with Crippen molar-refractivity contribution in [1.29, 1.82) is 0 Å². The number of hydrogen-bond donors (Lipinski definition) is 0. The fourth-order valence-corrected chi connectivity index (χ4v) is 1.17. The Morgan fingerprint density at radius 1 is 1.42 bits per heavy atom. The van der Waals surface area contributed by atoms with Gasteiger partial charge in [-0.05, 0) is 24.6 Å². The second-order valence-corrected chi connectivity index (χ2v) is 2.58. The van der Waals surface area contributed by atoms with Crippen LogP contribution in [0.5, 0.6) is 0 Å². The maximum atomic E-state index is 5.16. The SMILES string of the molecule is C/C=C\c1ccc2ncoc2c1. The number of nitrogens with zero attached hydrogens (tertiary/aromatic N) is 1. The number of hydrogen-bond acceptors (Lipinski definition) is 2. The zero-order valence-electron chi connectivity index (χ0n) is 6.82. The molecule has 0 radical (unpaired) electrons. The highest BCUT2D eigenvalue weighted by molar-refractivity contribution is 5.75. The Morgan fingerprint density at radius 3 is 3.17 bits per heavy atom. The molecule has 1 aromatic carbocycles. The minimum absolute atomic E-state index is 0.839. The van der Waals surface area contributed by atoms with Gasteiger partial charge in [-0.1, -0.05) is 18.2 Å². The molecular weight excluding hydrogens is 150 g/mol. The molecule has 2 nitrogen and oxygen atoms in total. The summed E-state index contributed by atoms with van der Waals surface area (Å²) < 4.78 is 5.16. The van der Waals surface area contributed by atoms with Gasteiger partial charge in [-0.25, -0.2) is 4.98 Å². The van der Waals surface area contributed by atoms with Crippen LogP contribution in [-0.2, 0) is 0 Å². The summed E-state index contributed by atoms with van der Waals surface area (Å²) in [6.07, 6.45) is 5.49. The van der Waals surface area contributed by atoms with Crippen LogP contribution in [0.1, 0.15) is 12.5 Å². The zero-order valence-corrected chi connectivity index (χ0v) is 6.82. The third kappa shape index (κ3) is 1.11. The van der Waals surface area contributed by atoms with Gasteiger partial charge < -0.3 is 4.42 Å². The molecule has 0 atom stereocenters. The molecule has 60 valence electrons. The van der Waals surface area contributed by atoms with Crippen molar-refractivity contribution in [2.75, 3.05) is 0 Å². The highest BCUT2D eigenvalue weighted by atomic mass is 16.3. The van der Waals surface area contributed by atoms with E-state index in [1.807, 2.05) is 37.3 Å². The van der Waals surface area contributed by atoms with Crippen LogP contribution in [0, 0.1) is 0 Å². The normalized spacial score (nSPS) is 11.4. The van der Waals surface area contributed by atoms with Gasteiger partial charge >= 0.3 is 0 Å². The number of allylic oxidation sites excluding steroid dienone is 1. The minimum Gasteiger partial charge on any atom is -0.443 e. The highest BCUT2D eigenvalue weighted by Gasteiger charge is 1.96. The average molecular weight is 159 g/mol. The van der Waals surface area contributed by atoms with Crippen LogP contribution in [0.3, 0.4) is 0 Å². The number of fused-ring (bicyclic) bond motifs is 1. The first kappa shape index (κ1) is 7.10. The largest absolute Gasteiger partial charge is 0.443 e. The van der Waals surface area contributed by atoms with E-state index < -0.39 is 0 Å². The first-order valence-electron chi connectivity index (χ1n) is 3.86. The van der Waals surface area contributed by atoms with Gasteiger partial charge in [-0.3, -0.25) is 0 Å². The Kier molecular flexibility index (Phi) is 1.67. The van der Waals surface area contributed by atoms with E-state index in [0.29, 0.717) is 0 Å². The summed E-state index contributed by atoms with van der Waals surface area (Å²) in [5, 5.41) is 0. The quantitative estimate of drug-likeness (QED) is 0.639. The Balaban J connectivity index is 2.60. The Hall–Kier alpha value is -1.57. The summed E-state index contributed by atoms with van der Waals surface area (Å²) in [7, 11) is 0. The summed E-state index contributed by atoms with van der Waals surface area (Å²) in [5.41, 5.74) is 2.88. The summed E-state index contributed by atoms with van der Waals surface area (Å²) in [6, 6.07) is 5.95. The lowest BCUT2D eigenvalue weighted by Gasteiger charge is -1.90. The molecule has 0 aliphatic rings. The lowest BCUT2D eigenvalue weighted by molar-refractivity contribution is 0.602. The van der Waals surface area contributed by atoms with E-state index >= 15 is 0 Å². The molecule has 12 heavy (non-hydrogen) atoms. The van der Waals surface area contributed by atoms with E-state index in [0.717, 1.165) is 16.7 Å². The van der Waals surface area contributed by atoms with E-state index in [1.54, 1.807) is 0 Å². The fourth-order valence-electron chi connectivity index (χ4n) is 1.17. The van der Waals surface area contributed by atoms with Gasteiger partial charge in [0.05, 0.1) is 0 Å². The average Bonchev–Trinajstić information content (AvgIpc) is 2.51. The van der Waals surface area contributed by atoms with Gasteiger partial charge in [0, 0.05) is 0 Å². The molecule has 0 aliphatic carbocycles. The maximum Gasteiger partial charge on any atom is 0.181 e. The number of benzene rings is 1. The van der Waals surface area contributed by atoms with Crippen LogP contribution in [-0.4, -0.2) is 4.98 Å². The summed E-state index contributed by atoms with van der Waals surface area (Å²) in [5.74, 6) is 0. The number of aromatic nitrogens is 1. The number of rotatable bonds is 1. The minimum atomic E-state index is 0.839. The van der Waals surface area contributed by atoms with Crippen LogP contribution in [0.2, 0.25) is 0 Å². The topological polar surface area (TPSA) is 26.0 Å². The van der Waals surface area contributed by atoms with Gasteiger partial charge in [0.25, 0.3) is 0 Å². The van der Waals surface area contributed by atoms with Gasteiger partial charge in [-0.2, -0.15) is 0 Å². The Labute approximate surface area is 70.5 Å². The standard InChI is InChI=1S/C10H9NO/c1-2-3-8-4-5-9-10(6-8)12-7-11-9/h2-7H,1H3/b3-2-. The van der Waals surface area contributed by atoms with Crippen LogP contribution >= 0.6 is 0 Å². The molecule has 2 aromatic rings. The van der Waals surface area contributed by atoms with Crippen molar-refractivity contribution in [1.82, 2.24) is 4.98 Å². The smallest absolute Gasteiger partial charge is 0.181 e. The van der Waals surface area contributed by atoms with Crippen molar-refractivity contribution < 1.29 is 4.42 Å². The molecule has 0 saturated heterocycles. The van der Waals surface area contributed by atoms with Crippen LogP contribution < -0.4 is 0 Å². The van der Waals surface area contributed by atoms with Gasteiger partial charge in [0.1, 0.15) is 5.52 Å². The third-order valence-corrected chi connectivity index (χ3v) is 1.71. The van der Waals surface area contributed by atoms with E-state index in [1.165, 1.54) is 6.39 Å².